The fraction of sp³-hybridized carbons (Fsp3) is 0.588. The molecule has 0 bridgehead atoms. The van der Waals surface area contributed by atoms with Gasteiger partial charge in [-0.05, 0) is 67.0 Å². The van der Waals surface area contributed by atoms with Crippen molar-refractivity contribution >= 4 is 30.5 Å². The quantitative estimate of drug-likeness (QED) is 0.731. The van der Waals surface area contributed by atoms with Gasteiger partial charge in [-0.25, -0.2) is 14.6 Å². The molecule has 8 heteroatoms. The van der Waals surface area contributed by atoms with E-state index in [0.717, 1.165) is 4.90 Å². The van der Waals surface area contributed by atoms with Crippen molar-refractivity contribution in [2.24, 2.45) is 0 Å². The van der Waals surface area contributed by atoms with E-state index in [-0.39, 0.29) is 5.82 Å². The van der Waals surface area contributed by atoms with Gasteiger partial charge < -0.3 is 14.0 Å². The Morgan fingerprint density at radius 1 is 0.960 bits per heavy atom. The average Bonchev–Trinajstić information content (AvgIpc) is 2.33. The summed E-state index contributed by atoms with van der Waals surface area (Å²) in [5, 5.41) is 0.546. The molecule has 0 unspecified atom stereocenters. The van der Waals surface area contributed by atoms with Crippen molar-refractivity contribution < 1.29 is 23.6 Å². The second kappa shape index (κ2) is 7.16. The average molecular weight is 370 g/mol. The molecule has 0 N–H and O–H groups in total. The molecule has 0 saturated carbocycles. The molecule has 0 aliphatic heterocycles. The number of aromatic nitrogens is 1. The van der Waals surface area contributed by atoms with Crippen LogP contribution in [0.5, 0.6) is 0 Å². The summed E-state index contributed by atoms with van der Waals surface area (Å²) in [6, 6.07) is 3.02. The largest absolute Gasteiger partial charge is 0.443 e. The van der Waals surface area contributed by atoms with E-state index in [1.165, 1.54) is 12.3 Å². The molecular weight excluding hydrogens is 343 g/mol. The summed E-state index contributed by atoms with van der Waals surface area (Å²) < 4.78 is 22.7. The first-order valence-corrected chi connectivity index (χ1v) is 10.5. The number of carbonyl (C=O) groups excluding carboxylic acids is 2. The molecule has 1 aromatic rings. The topological polar surface area (TPSA) is 85.8 Å². The van der Waals surface area contributed by atoms with Gasteiger partial charge in [0.25, 0.3) is 0 Å². The molecule has 0 radical (unpaired) electrons. The predicted molar refractivity (Wildman–Crippen MR) is 98.3 cm³/mol. The first-order chi connectivity index (χ1) is 11.1. The molecule has 25 heavy (non-hydrogen) atoms. The third-order valence-electron chi connectivity index (χ3n) is 2.74. The van der Waals surface area contributed by atoms with Crippen LogP contribution in [0.25, 0.3) is 0 Å². The molecule has 0 fully saturated rings. The fourth-order valence-corrected chi connectivity index (χ4v) is 2.48. The number of ether oxygens (including phenoxy) is 2. The van der Waals surface area contributed by atoms with Crippen LogP contribution < -0.4 is 10.2 Å². The van der Waals surface area contributed by atoms with E-state index in [1.807, 2.05) is 0 Å². The first-order valence-electron chi connectivity index (χ1n) is 7.88. The lowest BCUT2D eigenvalue weighted by Crippen LogP contribution is -2.44. The molecule has 0 aromatic carbocycles. The van der Waals surface area contributed by atoms with Gasteiger partial charge in [-0.3, -0.25) is 0 Å². The Hall–Kier alpha value is -1.88. The summed E-state index contributed by atoms with van der Waals surface area (Å²) in [6.45, 7) is 13.4. The number of anilines is 1. The number of amides is 2. The van der Waals surface area contributed by atoms with E-state index < -0.39 is 30.5 Å². The van der Waals surface area contributed by atoms with Crippen molar-refractivity contribution in [3.8, 4) is 0 Å². The molecule has 1 heterocycles. The van der Waals surface area contributed by atoms with Crippen molar-refractivity contribution in [1.29, 1.82) is 0 Å². The smallest absolute Gasteiger partial charge is 0.425 e. The highest BCUT2D eigenvalue weighted by Crippen LogP contribution is 2.34. The summed E-state index contributed by atoms with van der Waals surface area (Å²) in [5.41, 5.74) is -1.58. The Kier molecular flexibility index (Phi) is 6.06. The number of hydrogen-bond donors (Lipinski definition) is 0. The van der Waals surface area contributed by atoms with Gasteiger partial charge >= 0.3 is 12.2 Å². The van der Waals surface area contributed by atoms with E-state index >= 15 is 0 Å². The zero-order chi connectivity index (χ0) is 19.6. The Morgan fingerprint density at radius 2 is 1.40 bits per heavy atom. The van der Waals surface area contributed by atoms with Gasteiger partial charge in [-0.15, -0.1) is 0 Å². The summed E-state index contributed by atoms with van der Waals surface area (Å²) in [4.78, 5) is 29.8. The molecule has 1 aromatic heterocycles. The molecule has 0 atom stereocenters. The van der Waals surface area contributed by atoms with Crippen LogP contribution in [0.4, 0.5) is 15.4 Å². The molecule has 0 spiro atoms. The molecule has 2 amide bonds. The normalized spacial score (nSPS) is 12.5. The second-order valence-corrected chi connectivity index (χ2v) is 11.2. The Balaban J connectivity index is 3.24. The van der Waals surface area contributed by atoms with Crippen LogP contribution in [0, 0.1) is 0 Å². The number of carbonyl (C=O) groups is 2. The number of pyridine rings is 1. The maximum absolute atomic E-state index is 12.5. The van der Waals surface area contributed by atoms with Crippen molar-refractivity contribution in [3.63, 3.8) is 0 Å². The first kappa shape index (κ1) is 21.2. The van der Waals surface area contributed by atoms with Crippen LogP contribution in [0.3, 0.4) is 0 Å². The van der Waals surface area contributed by atoms with E-state index in [0.29, 0.717) is 5.30 Å². The van der Waals surface area contributed by atoms with Crippen molar-refractivity contribution in [3.05, 3.63) is 18.3 Å². The lowest BCUT2D eigenvalue weighted by atomic mass is 10.2. The summed E-state index contributed by atoms with van der Waals surface area (Å²) in [7, 11) is -2.50. The highest BCUT2D eigenvalue weighted by Gasteiger charge is 2.33. The van der Waals surface area contributed by atoms with Crippen molar-refractivity contribution in [2.75, 3.05) is 18.2 Å². The van der Waals surface area contributed by atoms with Gasteiger partial charge in [0, 0.05) is 11.5 Å². The second-order valence-electron chi connectivity index (χ2n) is 8.02. The summed E-state index contributed by atoms with van der Waals surface area (Å²) in [6.07, 6.45) is -0.394. The standard InChI is InChI=1S/C17H27N2O5P/c1-16(2,3)23-14(20)19(15(21)24-17(4,5)6)13-10-9-12(11-18-13)25(7,8)22/h9-11H,1-8H3. The number of nitrogens with zero attached hydrogens (tertiary/aromatic N) is 2. The number of rotatable bonds is 2. The fourth-order valence-electron chi connectivity index (χ4n) is 1.71. The van der Waals surface area contributed by atoms with Crippen molar-refractivity contribution in [1.82, 2.24) is 4.98 Å². The van der Waals surface area contributed by atoms with Gasteiger partial charge in [0.1, 0.15) is 24.2 Å². The van der Waals surface area contributed by atoms with E-state index in [9.17, 15) is 14.2 Å². The minimum absolute atomic E-state index is 0.0423. The van der Waals surface area contributed by atoms with Crippen LogP contribution >= 0.6 is 7.14 Å². The van der Waals surface area contributed by atoms with Crippen LogP contribution in [-0.2, 0) is 14.0 Å². The van der Waals surface area contributed by atoms with E-state index in [2.05, 4.69) is 4.98 Å². The van der Waals surface area contributed by atoms with Gasteiger partial charge in [0.05, 0.1) is 0 Å². The molecule has 7 nitrogen and oxygen atoms in total. The van der Waals surface area contributed by atoms with Crippen LogP contribution in [0.1, 0.15) is 41.5 Å². The Labute approximate surface area is 149 Å². The van der Waals surface area contributed by atoms with Crippen LogP contribution in [0.15, 0.2) is 18.3 Å². The van der Waals surface area contributed by atoms with Gasteiger partial charge in [-0.2, -0.15) is 4.90 Å². The highest BCUT2D eigenvalue weighted by atomic mass is 31.2. The number of hydrogen-bond acceptors (Lipinski definition) is 6. The predicted octanol–water partition coefficient (Wildman–Crippen LogP) is 4.01. The Morgan fingerprint density at radius 3 is 1.68 bits per heavy atom. The SMILES string of the molecule is CC(C)(C)OC(=O)N(C(=O)OC(C)(C)C)c1ccc(P(C)(C)=O)cn1. The lowest BCUT2D eigenvalue weighted by Gasteiger charge is -2.28. The van der Waals surface area contributed by atoms with Crippen LogP contribution in [0.2, 0.25) is 0 Å². The van der Waals surface area contributed by atoms with Crippen molar-refractivity contribution in [2.45, 2.75) is 52.7 Å². The summed E-state index contributed by atoms with van der Waals surface area (Å²) in [5.74, 6) is 0.0423. The molecule has 140 valence electrons. The maximum Gasteiger partial charge on any atom is 0.425 e. The molecule has 0 saturated heterocycles. The summed E-state index contributed by atoms with van der Waals surface area (Å²) >= 11 is 0. The monoisotopic (exact) mass is 370 g/mol. The molecule has 0 aliphatic rings. The van der Waals surface area contributed by atoms with Gasteiger partial charge in [0.2, 0.25) is 0 Å². The minimum atomic E-state index is -2.50. The van der Waals surface area contributed by atoms with E-state index in [1.54, 1.807) is 60.9 Å². The Bertz CT molecular complexity index is 652. The molecular formula is C17H27N2O5P. The van der Waals surface area contributed by atoms with E-state index in [4.69, 9.17) is 9.47 Å². The minimum Gasteiger partial charge on any atom is -0.443 e. The maximum atomic E-state index is 12.5. The zero-order valence-electron chi connectivity index (χ0n) is 16.1. The third-order valence-corrected chi connectivity index (χ3v) is 4.24. The molecule has 0 aliphatic carbocycles. The third kappa shape index (κ3) is 6.86. The van der Waals surface area contributed by atoms with Gasteiger partial charge in [-0.1, -0.05) is 0 Å². The molecule has 1 rings (SSSR count). The highest BCUT2D eigenvalue weighted by molar-refractivity contribution is 7.70. The van der Waals surface area contributed by atoms with Gasteiger partial charge in [0.15, 0.2) is 0 Å². The zero-order valence-corrected chi connectivity index (χ0v) is 17.0. The lowest BCUT2D eigenvalue weighted by molar-refractivity contribution is 0.0429. The van der Waals surface area contributed by atoms with Crippen LogP contribution in [-0.4, -0.2) is 41.7 Å². The number of imide groups is 1.